The topological polar surface area (TPSA) is 77.1 Å². The molecular weight excluding hydrogens is 422 g/mol. The van der Waals surface area contributed by atoms with Crippen LogP contribution in [0.1, 0.15) is 52.5 Å². The van der Waals surface area contributed by atoms with E-state index in [1.165, 1.54) is 11.8 Å². The molecule has 1 amide bonds. The van der Waals surface area contributed by atoms with Gasteiger partial charge < -0.3 is 14.3 Å². The second-order valence-electron chi connectivity index (χ2n) is 8.31. The lowest BCUT2D eigenvalue weighted by molar-refractivity contribution is 0.0898. The van der Waals surface area contributed by atoms with E-state index in [-0.39, 0.29) is 17.0 Å². The molecule has 1 aliphatic carbocycles. The highest BCUT2D eigenvalue weighted by molar-refractivity contribution is 7.99. The number of aryl methyl sites for hydroxylation is 1. The van der Waals surface area contributed by atoms with Crippen LogP contribution in [0.2, 0.25) is 5.02 Å². The average molecular weight is 444 g/mol. The van der Waals surface area contributed by atoms with Crippen LogP contribution < -0.4 is 5.32 Å². The number of hydrogen-bond acceptors (Lipinski definition) is 5. The first-order chi connectivity index (χ1) is 14.1. The van der Waals surface area contributed by atoms with Gasteiger partial charge in [-0.15, -0.1) is 0 Å². The number of halogens is 1. The predicted molar refractivity (Wildman–Crippen MR) is 117 cm³/mol. The zero-order chi connectivity index (χ0) is 21.6. The second kappa shape index (κ2) is 7.63. The van der Waals surface area contributed by atoms with Crippen molar-refractivity contribution in [3.8, 4) is 0 Å². The van der Waals surface area contributed by atoms with E-state index in [2.05, 4.69) is 10.3 Å². The molecule has 4 rings (SSSR count). The number of fused-ring (bicyclic) bond motifs is 1. The predicted octanol–water partition coefficient (Wildman–Crippen LogP) is 5.53. The Morgan fingerprint density at radius 2 is 2.10 bits per heavy atom. The smallest absolute Gasteiger partial charge is 0.291 e. The third kappa shape index (κ3) is 3.91. The van der Waals surface area contributed by atoms with Gasteiger partial charge in [0.15, 0.2) is 16.7 Å². The third-order valence-electron chi connectivity index (χ3n) is 5.15. The Morgan fingerprint density at radius 1 is 1.33 bits per heavy atom. The van der Waals surface area contributed by atoms with Crippen molar-refractivity contribution < 1.29 is 14.0 Å². The number of nitrogens with one attached hydrogen (secondary N) is 1. The molecule has 2 aromatic heterocycles. The lowest BCUT2D eigenvalue weighted by atomic mass is 9.76. The first-order valence-electron chi connectivity index (χ1n) is 9.56. The van der Waals surface area contributed by atoms with Crippen LogP contribution in [0, 0.1) is 12.3 Å². The van der Waals surface area contributed by atoms with Gasteiger partial charge in [0.1, 0.15) is 5.76 Å². The Hall–Kier alpha value is -2.51. The number of imidazole rings is 1. The number of furan rings is 1. The van der Waals surface area contributed by atoms with Crippen LogP contribution in [0.5, 0.6) is 0 Å². The molecule has 0 saturated heterocycles. The van der Waals surface area contributed by atoms with Gasteiger partial charge in [0.2, 0.25) is 0 Å². The van der Waals surface area contributed by atoms with Gasteiger partial charge in [-0.3, -0.25) is 9.59 Å². The number of amides is 1. The fraction of sp³-hybridized carbons (Fsp3) is 0.318. The molecule has 0 aliphatic heterocycles. The van der Waals surface area contributed by atoms with Crippen molar-refractivity contribution >= 4 is 40.7 Å². The monoisotopic (exact) mass is 443 g/mol. The Kier molecular flexibility index (Phi) is 5.28. The van der Waals surface area contributed by atoms with Gasteiger partial charge in [-0.05, 0) is 42.3 Å². The van der Waals surface area contributed by atoms with Crippen LogP contribution in [-0.2, 0) is 13.5 Å². The summed E-state index contributed by atoms with van der Waals surface area (Å²) < 4.78 is 7.77. The van der Waals surface area contributed by atoms with Gasteiger partial charge in [-0.25, -0.2) is 4.98 Å². The lowest BCUT2D eigenvalue weighted by Crippen LogP contribution is -2.26. The third-order valence-corrected chi connectivity index (χ3v) is 6.54. The Balaban J connectivity index is 1.65. The molecule has 8 heteroatoms. The van der Waals surface area contributed by atoms with Gasteiger partial charge in [0.25, 0.3) is 5.91 Å². The summed E-state index contributed by atoms with van der Waals surface area (Å²) in [5.41, 5.74) is 1.51. The molecule has 0 bridgehead atoms. The van der Waals surface area contributed by atoms with E-state index in [9.17, 15) is 9.59 Å². The van der Waals surface area contributed by atoms with E-state index in [4.69, 9.17) is 16.0 Å². The summed E-state index contributed by atoms with van der Waals surface area (Å²) in [4.78, 5) is 30.8. The van der Waals surface area contributed by atoms with E-state index in [0.29, 0.717) is 40.4 Å². The molecule has 0 saturated carbocycles. The fourth-order valence-corrected chi connectivity index (χ4v) is 4.76. The number of aromatic nitrogens is 2. The second-order valence-corrected chi connectivity index (χ2v) is 9.76. The molecule has 156 valence electrons. The fourth-order valence-electron chi connectivity index (χ4n) is 3.72. The van der Waals surface area contributed by atoms with Crippen molar-refractivity contribution in [2.24, 2.45) is 12.5 Å². The highest BCUT2D eigenvalue weighted by Crippen LogP contribution is 2.39. The van der Waals surface area contributed by atoms with Crippen molar-refractivity contribution in [3.05, 3.63) is 58.3 Å². The number of carbonyl (C=O) groups is 2. The average Bonchev–Trinajstić information content (AvgIpc) is 3.19. The maximum atomic E-state index is 13.1. The van der Waals surface area contributed by atoms with Crippen LogP contribution in [0.15, 0.2) is 45.1 Å². The molecule has 2 heterocycles. The SMILES string of the molecule is Cc1c(C(=O)Nc2cc(Cl)ccc2Sc2nccn2C)oc2c1C(=O)CC(C)(C)C2. The molecule has 0 unspecified atom stereocenters. The van der Waals surface area contributed by atoms with Gasteiger partial charge >= 0.3 is 0 Å². The molecule has 6 nitrogen and oxygen atoms in total. The molecular formula is C22H22ClN3O3S. The summed E-state index contributed by atoms with van der Waals surface area (Å²) in [7, 11) is 1.90. The van der Waals surface area contributed by atoms with Crippen molar-refractivity contribution in [2.45, 2.75) is 43.7 Å². The standard InChI is InChI=1S/C22H22ClN3O3S/c1-12-18-15(27)10-22(2,3)11-16(18)29-19(12)20(28)25-14-9-13(23)5-6-17(14)30-21-24-7-8-26(21)4/h5-9H,10-11H2,1-4H3,(H,25,28). The van der Waals surface area contributed by atoms with Crippen LogP contribution in [-0.4, -0.2) is 21.2 Å². The first kappa shape index (κ1) is 20.8. The minimum Gasteiger partial charge on any atom is -0.455 e. The van der Waals surface area contributed by atoms with Crippen LogP contribution in [0.4, 0.5) is 5.69 Å². The lowest BCUT2D eigenvalue weighted by Gasteiger charge is -2.27. The number of benzene rings is 1. The maximum absolute atomic E-state index is 13.1. The number of Topliss-reactive ketones (excluding diaryl/α,β-unsaturated/α-hetero) is 1. The largest absolute Gasteiger partial charge is 0.455 e. The zero-order valence-corrected chi connectivity index (χ0v) is 18.8. The minimum atomic E-state index is -0.406. The summed E-state index contributed by atoms with van der Waals surface area (Å²) >= 11 is 7.59. The van der Waals surface area contributed by atoms with Gasteiger partial charge in [-0.1, -0.05) is 25.4 Å². The Bertz CT molecular complexity index is 1160. The quantitative estimate of drug-likeness (QED) is 0.573. The van der Waals surface area contributed by atoms with Crippen molar-refractivity contribution in [3.63, 3.8) is 0 Å². The molecule has 3 aromatic rings. The number of nitrogens with zero attached hydrogens (tertiary/aromatic N) is 2. The van der Waals surface area contributed by atoms with E-state index < -0.39 is 5.91 Å². The van der Waals surface area contributed by atoms with Crippen molar-refractivity contribution in [2.75, 3.05) is 5.32 Å². The van der Waals surface area contributed by atoms with E-state index in [1.54, 1.807) is 25.3 Å². The van der Waals surface area contributed by atoms with Crippen LogP contribution in [0.3, 0.4) is 0 Å². The highest BCUT2D eigenvalue weighted by Gasteiger charge is 2.37. The molecule has 1 aliphatic rings. The first-order valence-corrected chi connectivity index (χ1v) is 10.8. The highest BCUT2D eigenvalue weighted by atomic mass is 35.5. The summed E-state index contributed by atoms with van der Waals surface area (Å²) in [5.74, 6) is 0.373. The summed E-state index contributed by atoms with van der Waals surface area (Å²) in [6.07, 6.45) is 4.64. The molecule has 0 spiro atoms. The number of hydrogen-bond donors (Lipinski definition) is 1. The van der Waals surface area contributed by atoms with E-state index in [0.717, 1.165) is 10.1 Å². The Morgan fingerprint density at radius 3 is 2.80 bits per heavy atom. The summed E-state index contributed by atoms with van der Waals surface area (Å²) in [5, 5.41) is 4.18. The summed E-state index contributed by atoms with van der Waals surface area (Å²) in [6, 6.07) is 5.29. The zero-order valence-electron chi connectivity index (χ0n) is 17.2. The molecule has 0 atom stereocenters. The van der Waals surface area contributed by atoms with Gasteiger partial charge in [-0.2, -0.15) is 0 Å². The van der Waals surface area contributed by atoms with E-state index >= 15 is 0 Å². The van der Waals surface area contributed by atoms with Crippen LogP contribution in [0.25, 0.3) is 0 Å². The molecule has 0 radical (unpaired) electrons. The molecule has 1 N–H and O–H groups in total. The number of carbonyl (C=O) groups excluding carboxylic acids is 2. The normalized spacial score (nSPS) is 15.2. The van der Waals surface area contributed by atoms with Crippen molar-refractivity contribution in [1.29, 1.82) is 0 Å². The number of anilines is 1. The summed E-state index contributed by atoms with van der Waals surface area (Å²) in [6.45, 7) is 5.81. The van der Waals surface area contributed by atoms with E-state index in [1.807, 2.05) is 37.7 Å². The molecule has 0 fully saturated rings. The van der Waals surface area contributed by atoms with Crippen molar-refractivity contribution in [1.82, 2.24) is 9.55 Å². The maximum Gasteiger partial charge on any atom is 0.291 e. The van der Waals surface area contributed by atoms with Crippen LogP contribution >= 0.6 is 23.4 Å². The molecule has 1 aromatic carbocycles. The van der Waals surface area contributed by atoms with Gasteiger partial charge in [0.05, 0.1) is 11.3 Å². The number of ketones is 1. The Labute approximate surface area is 184 Å². The minimum absolute atomic E-state index is 0.0235. The van der Waals surface area contributed by atoms with Gasteiger partial charge in [0, 0.05) is 47.8 Å². The number of rotatable bonds is 4. The molecule has 30 heavy (non-hydrogen) atoms.